The lowest BCUT2D eigenvalue weighted by Crippen LogP contribution is -1.44. The molecule has 1 aromatic rings. The van der Waals surface area contributed by atoms with Crippen LogP contribution in [0.15, 0.2) is 18.7 Å². The van der Waals surface area contributed by atoms with E-state index in [0.717, 1.165) is 0 Å². The molecular formula is C3H4F4N2P+. The Morgan fingerprint density at radius 1 is 1.20 bits per heavy atom. The molecule has 1 N–H and O–H groups in total. The highest BCUT2D eigenvalue weighted by Crippen LogP contribution is 2.65. The normalized spacial score (nSPS) is 10.0. The van der Waals surface area contributed by atoms with Crippen molar-refractivity contribution in [3.05, 3.63) is 18.7 Å². The van der Waals surface area contributed by atoms with Crippen LogP contribution < -0.4 is 0 Å². The Balaban J connectivity index is 0.000000162. The summed E-state index contributed by atoms with van der Waals surface area (Å²) in [6, 6.07) is 0. The first-order valence-corrected chi connectivity index (χ1v) is 3.46. The van der Waals surface area contributed by atoms with Gasteiger partial charge in [-0.15, -0.1) is 0 Å². The zero-order chi connectivity index (χ0) is 8.04. The predicted octanol–water partition coefficient (Wildman–Crippen LogP) is 2.95. The van der Waals surface area contributed by atoms with Gasteiger partial charge in [0.15, 0.2) is 0 Å². The lowest BCUT2D eigenvalue weighted by molar-refractivity contribution is 0.489. The summed E-state index contributed by atoms with van der Waals surface area (Å²) in [6.07, 6.45) is 5.08. The number of nitrogens with zero attached hydrogens (tertiary/aromatic N) is 1. The third-order valence-electron chi connectivity index (χ3n) is 0.406. The molecule has 0 saturated heterocycles. The molecule has 0 aliphatic carbocycles. The molecule has 2 nitrogen and oxygen atoms in total. The number of halogens is 4. The molecule has 0 atom stereocenters. The van der Waals surface area contributed by atoms with Crippen molar-refractivity contribution in [2.75, 3.05) is 0 Å². The van der Waals surface area contributed by atoms with Gasteiger partial charge in [0.2, 0.25) is 0 Å². The van der Waals surface area contributed by atoms with Gasteiger partial charge in [-0.1, -0.05) is 0 Å². The van der Waals surface area contributed by atoms with Crippen LogP contribution in [0.5, 0.6) is 0 Å². The number of imidazole rings is 1. The van der Waals surface area contributed by atoms with E-state index in [1.807, 2.05) is 0 Å². The Hall–Kier alpha value is -0.640. The van der Waals surface area contributed by atoms with Crippen molar-refractivity contribution in [2.45, 2.75) is 0 Å². The summed E-state index contributed by atoms with van der Waals surface area (Å²) in [7, 11) is -6.39. The van der Waals surface area contributed by atoms with Crippen LogP contribution in [-0.4, -0.2) is 9.97 Å². The summed E-state index contributed by atoms with van der Waals surface area (Å²) in [5, 5.41) is 0. The minimum Gasteiger partial charge on any atom is -0.351 e. The van der Waals surface area contributed by atoms with Crippen molar-refractivity contribution in [3.8, 4) is 0 Å². The lowest BCUT2D eigenvalue weighted by Gasteiger charge is -1.62. The fraction of sp³-hybridized carbons (Fsp3) is 0. The van der Waals surface area contributed by atoms with Crippen molar-refractivity contribution >= 4 is 8.51 Å². The number of aromatic amines is 1. The van der Waals surface area contributed by atoms with E-state index in [9.17, 15) is 16.8 Å². The topological polar surface area (TPSA) is 28.7 Å². The third kappa shape index (κ3) is 15.7. The van der Waals surface area contributed by atoms with Crippen LogP contribution in [0.3, 0.4) is 0 Å². The first-order valence-electron chi connectivity index (χ1n) is 2.10. The van der Waals surface area contributed by atoms with Gasteiger partial charge in [0.1, 0.15) is 0 Å². The van der Waals surface area contributed by atoms with Crippen molar-refractivity contribution in [1.29, 1.82) is 0 Å². The van der Waals surface area contributed by atoms with E-state index in [2.05, 4.69) is 9.97 Å². The lowest BCUT2D eigenvalue weighted by atomic mass is 11.0. The fourth-order valence-corrected chi connectivity index (χ4v) is 0.215. The highest BCUT2D eigenvalue weighted by atomic mass is 31.3. The summed E-state index contributed by atoms with van der Waals surface area (Å²) >= 11 is 0. The third-order valence-corrected chi connectivity index (χ3v) is 0.406. The van der Waals surface area contributed by atoms with Gasteiger partial charge in [-0.2, -0.15) is 0 Å². The van der Waals surface area contributed by atoms with Crippen molar-refractivity contribution in [3.63, 3.8) is 0 Å². The van der Waals surface area contributed by atoms with Crippen LogP contribution in [0.25, 0.3) is 0 Å². The molecule has 0 amide bonds. The Kier molecular flexibility index (Phi) is 3.95. The molecule has 0 aliphatic rings. The molecular weight excluding hydrogens is 171 g/mol. The zero-order valence-corrected chi connectivity index (χ0v) is 5.53. The van der Waals surface area contributed by atoms with Gasteiger partial charge in [-0.05, 0) is 0 Å². The molecule has 0 aliphatic heterocycles. The molecule has 0 spiro atoms. The van der Waals surface area contributed by atoms with Gasteiger partial charge in [-0.25, -0.2) is 4.98 Å². The Morgan fingerprint density at radius 3 is 1.80 bits per heavy atom. The number of hydrogen-bond donors (Lipinski definition) is 1. The molecule has 1 rings (SSSR count). The Bertz CT molecular complexity index is 125. The van der Waals surface area contributed by atoms with Gasteiger partial charge < -0.3 is 4.98 Å². The summed E-state index contributed by atoms with van der Waals surface area (Å²) in [4.78, 5) is 6.42. The number of rotatable bonds is 0. The molecule has 0 aromatic carbocycles. The summed E-state index contributed by atoms with van der Waals surface area (Å²) in [5.41, 5.74) is 0. The Labute approximate surface area is 55.1 Å². The van der Waals surface area contributed by atoms with Crippen LogP contribution in [0, 0.1) is 0 Å². The second-order valence-corrected chi connectivity index (χ2v) is 1.91. The molecule has 58 valence electrons. The van der Waals surface area contributed by atoms with E-state index < -0.39 is 8.51 Å². The van der Waals surface area contributed by atoms with Crippen molar-refractivity contribution in [1.82, 2.24) is 9.97 Å². The summed E-state index contributed by atoms with van der Waals surface area (Å²) < 4.78 is 39.2. The highest BCUT2D eigenvalue weighted by Gasteiger charge is 2.44. The molecule has 0 bridgehead atoms. The average molecular weight is 175 g/mol. The molecule has 0 unspecified atom stereocenters. The van der Waals surface area contributed by atoms with Crippen LogP contribution in [0.2, 0.25) is 0 Å². The van der Waals surface area contributed by atoms with E-state index >= 15 is 0 Å². The fourth-order valence-electron chi connectivity index (χ4n) is 0.215. The van der Waals surface area contributed by atoms with Gasteiger partial charge in [0, 0.05) is 12.4 Å². The van der Waals surface area contributed by atoms with Crippen LogP contribution in [0.4, 0.5) is 16.8 Å². The van der Waals surface area contributed by atoms with E-state index in [1.54, 1.807) is 18.7 Å². The Morgan fingerprint density at radius 2 is 1.70 bits per heavy atom. The van der Waals surface area contributed by atoms with Crippen LogP contribution >= 0.6 is 8.51 Å². The number of H-pyrrole nitrogens is 1. The first kappa shape index (κ1) is 9.36. The van der Waals surface area contributed by atoms with E-state index in [-0.39, 0.29) is 0 Å². The van der Waals surface area contributed by atoms with E-state index in [1.165, 1.54) is 0 Å². The SMILES string of the molecule is F[P+](F)(F)F.c1c[nH]cn1. The minimum absolute atomic E-state index is 1.62. The largest absolute Gasteiger partial charge is 0.755 e. The molecule has 10 heavy (non-hydrogen) atoms. The molecule has 1 aromatic heterocycles. The average Bonchev–Trinajstić information content (AvgIpc) is 2.07. The maximum absolute atomic E-state index is 9.80. The van der Waals surface area contributed by atoms with Crippen molar-refractivity contribution in [2.24, 2.45) is 0 Å². The molecule has 0 fully saturated rings. The van der Waals surface area contributed by atoms with Crippen LogP contribution in [0.1, 0.15) is 0 Å². The summed E-state index contributed by atoms with van der Waals surface area (Å²) in [6.45, 7) is 0. The summed E-state index contributed by atoms with van der Waals surface area (Å²) in [5.74, 6) is 0. The monoisotopic (exact) mass is 175 g/mol. The molecule has 1 heterocycles. The standard InChI is InChI=1S/C3H4N2.F4P/c1-2-5-3-4-1;1-5(2,3)4/h1-3H,(H,4,5);/q;+1. The highest BCUT2D eigenvalue weighted by molar-refractivity contribution is 7.54. The van der Waals surface area contributed by atoms with Gasteiger partial charge in [0.25, 0.3) is 0 Å². The van der Waals surface area contributed by atoms with E-state index in [4.69, 9.17) is 0 Å². The quantitative estimate of drug-likeness (QED) is 0.476. The van der Waals surface area contributed by atoms with E-state index in [0.29, 0.717) is 0 Å². The van der Waals surface area contributed by atoms with Gasteiger partial charge in [-0.3, -0.25) is 0 Å². The minimum atomic E-state index is -6.39. The second kappa shape index (κ2) is 4.22. The van der Waals surface area contributed by atoms with Crippen LogP contribution in [-0.2, 0) is 0 Å². The second-order valence-electron chi connectivity index (χ2n) is 1.14. The molecule has 0 radical (unpaired) electrons. The maximum atomic E-state index is 9.80. The number of aromatic nitrogens is 2. The maximum Gasteiger partial charge on any atom is 0.755 e. The van der Waals surface area contributed by atoms with Gasteiger partial charge >= 0.3 is 8.51 Å². The zero-order valence-electron chi connectivity index (χ0n) is 4.64. The number of nitrogens with one attached hydrogen (secondary N) is 1. The van der Waals surface area contributed by atoms with Gasteiger partial charge in [0.05, 0.1) is 23.1 Å². The number of hydrogen-bond acceptors (Lipinski definition) is 1. The molecule has 7 heteroatoms. The smallest absolute Gasteiger partial charge is 0.351 e. The van der Waals surface area contributed by atoms with Crippen molar-refractivity contribution < 1.29 is 16.8 Å². The first-order chi connectivity index (χ1) is 4.50. The molecule has 0 saturated carbocycles. The predicted molar refractivity (Wildman–Crippen MR) is 29.9 cm³/mol.